The Morgan fingerprint density at radius 2 is 1.24 bits per heavy atom. The van der Waals surface area contributed by atoms with Gasteiger partial charge in [0.2, 0.25) is 0 Å². The van der Waals surface area contributed by atoms with Crippen molar-refractivity contribution >= 4 is 0 Å². The maximum absolute atomic E-state index is 3.52. The van der Waals surface area contributed by atoms with Gasteiger partial charge in [-0.2, -0.15) is 0 Å². The second-order valence-electron chi connectivity index (χ2n) is 10.1. The Morgan fingerprint density at radius 1 is 0.667 bits per heavy atom. The van der Waals surface area contributed by atoms with Gasteiger partial charge in [-0.1, -0.05) is 26.7 Å². The van der Waals surface area contributed by atoms with Crippen molar-refractivity contribution in [3.63, 3.8) is 0 Å². The van der Waals surface area contributed by atoms with Gasteiger partial charge in [0.05, 0.1) is 0 Å². The van der Waals surface area contributed by atoms with Crippen LogP contribution in [0, 0.1) is 9.35 Å². The topological polar surface area (TPSA) is 0 Å². The van der Waals surface area contributed by atoms with Gasteiger partial charge in [-0.25, -0.2) is 0 Å². The van der Waals surface area contributed by atoms with Crippen LogP contribution in [0.3, 0.4) is 0 Å². The fourth-order valence-corrected chi connectivity index (χ4v) is 7.28. The van der Waals surface area contributed by atoms with Crippen LogP contribution in [-0.2, 0) is 30.0 Å². The molecule has 0 aliphatic heterocycles. The molecule has 0 saturated heterocycles. The van der Waals surface area contributed by atoms with E-state index in [4.69, 9.17) is 0 Å². The Kier molecular flexibility index (Phi) is 11.5. The zero-order valence-corrected chi connectivity index (χ0v) is 27.1. The van der Waals surface area contributed by atoms with E-state index in [1.807, 2.05) is 0 Å². The molecular weight excluding hydrogens is 585 g/mol. The van der Waals surface area contributed by atoms with E-state index in [9.17, 15) is 0 Å². The number of hydrogen-bond donors (Lipinski definition) is 0. The van der Waals surface area contributed by atoms with Gasteiger partial charge in [-0.3, -0.25) is 0 Å². The van der Waals surface area contributed by atoms with Gasteiger partial charge in [-0.15, -0.1) is 0 Å². The molecule has 0 atom stereocenters. The number of rotatable bonds is 14. The summed E-state index contributed by atoms with van der Waals surface area (Å²) in [6.45, 7) is 4.62. The van der Waals surface area contributed by atoms with E-state index in [1.54, 1.807) is 11.1 Å². The first-order chi connectivity index (χ1) is 16.3. The van der Waals surface area contributed by atoms with Crippen LogP contribution >= 0.6 is 0 Å². The van der Waals surface area contributed by atoms with Crippen LogP contribution in [0.1, 0.15) is 120 Å². The quantitative estimate of drug-likeness (QED) is 0.111. The second-order valence-corrected chi connectivity index (χ2v) is 14.2. The average Bonchev–Trinajstić information content (AvgIpc) is 3.12. The van der Waals surface area contributed by atoms with E-state index in [0.717, 1.165) is 0 Å². The molecule has 1 heteroatoms. The Hall–Kier alpha value is -1.06. The van der Waals surface area contributed by atoms with E-state index in [2.05, 4.69) is 70.1 Å². The molecule has 0 unspecified atom stereocenters. The molecule has 0 fully saturated rings. The van der Waals surface area contributed by atoms with Crippen LogP contribution in [0.15, 0.2) is 42.5 Å². The minimum atomic E-state index is -0.919. The Bertz CT molecular complexity index is 898. The molecule has 0 saturated carbocycles. The van der Waals surface area contributed by atoms with Crippen LogP contribution in [0.4, 0.5) is 0 Å². The fourth-order valence-electron chi connectivity index (χ4n) is 5.80. The average molecular weight is 629 g/mol. The summed E-state index contributed by atoms with van der Waals surface area (Å²) in [5, 5.41) is 0. The molecule has 0 heterocycles. The molecule has 0 amide bonds. The summed E-state index contributed by atoms with van der Waals surface area (Å²) in [5.41, 5.74) is 7.59. The first-order valence-corrected chi connectivity index (χ1v) is 22.2. The van der Waals surface area contributed by atoms with E-state index in [0.29, 0.717) is 0 Å². The third-order valence-corrected chi connectivity index (χ3v) is 9.65. The number of hydrogen-bond acceptors (Lipinski definition) is 0. The maximum atomic E-state index is 3.52. The van der Waals surface area contributed by atoms with Gasteiger partial charge < -0.3 is 0 Å². The summed E-state index contributed by atoms with van der Waals surface area (Å²) in [7, 11) is 0. The van der Waals surface area contributed by atoms with Crippen LogP contribution in [0.5, 0.6) is 0 Å². The molecule has 0 aromatic heterocycles. The van der Waals surface area contributed by atoms with Gasteiger partial charge in [0, 0.05) is 0 Å². The first-order valence-electron chi connectivity index (χ1n) is 14.0. The predicted molar refractivity (Wildman–Crippen MR) is 141 cm³/mol. The molecule has 2 aromatic carbocycles. The summed E-state index contributed by atoms with van der Waals surface area (Å²) in [4.78, 5) is 0. The zero-order valence-electron chi connectivity index (χ0n) is 21.6. The molecule has 1 aliphatic rings. The summed E-state index contributed by atoms with van der Waals surface area (Å²) in [6.07, 6.45) is 19.0. The molecule has 174 valence electrons. The fraction of sp³-hybridized carbons (Fsp3) is 0.562. The molecule has 0 radical (unpaired) electrons. The van der Waals surface area contributed by atoms with Crippen molar-refractivity contribution in [3.05, 3.63) is 59.2 Å². The SMILES string of the molecule is CCCCCCCCC1(CCCCCCCC)c2ccccc2-c2ccc(C#[C][Hg][CH3])cc21. The minimum absolute atomic E-state index is 0.190. The van der Waals surface area contributed by atoms with Crippen molar-refractivity contribution in [2.75, 3.05) is 0 Å². The number of benzene rings is 2. The molecule has 2 aromatic rings. The summed E-state index contributed by atoms with van der Waals surface area (Å²) >= 11 is -0.919. The molecule has 0 spiro atoms. The number of unbranched alkanes of at least 4 members (excludes halogenated alkanes) is 10. The number of fused-ring (bicyclic) bond motifs is 3. The summed E-state index contributed by atoms with van der Waals surface area (Å²) in [6, 6.07) is 16.5. The van der Waals surface area contributed by atoms with Crippen molar-refractivity contribution in [2.45, 2.75) is 114 Å². The van der Waals surface area contributed by atoms with Crippen molar-refractivity contribution in [1.29, 1.82) is 0 Å². The second kappa shape index (κ2) is 14.4. The Morgan fingerprint density at radius 3 is 1.88 bits per heavy atom. The van der Waals surface area contributed by atoms with Gasteiger partial charge in [0.1, 0.15) is 0 Å². The van der Waals surface area contributed by atoms with Crippen LogP contribution in [0.25, 0.3) is 11.1 Å². The monoisotopic (exact) mass is 630 g/mol. The third kappa shape index (κ3) is 6.98. The predicted octanol–water partition coefficient (Wildman–Crippen LogP) is 9.89. The molecule has 0 nitrogen and oxygen atoms in total. The van der Waals surface area contributed by atoms with Gasteiger partial charge in [0.25, 0.3) is 0 Å². The third-order valence-electron chi connectivity index (χ3n) is 7.59. The van der Waals surface area contributed by atoms with Crippen molar-refractivity contribution < 1.29 is 24.6 Å². The summed E-state index contributed by atoms with van der Waals surface area (Å²) in [5.74, 6) is 3.52. The molecule has 33 heavy (non-hydrogen) atoms. The van der Waals surface area contributed by atoms with Gasteiger partial charge in [-0.05, 0) is 0 Å². The molecule has 0 N–H and O–H groups in total. The Balaban J connectivity index is 1.88. The van der Waals surface area contributed by atoms with Crippen molar-refractivity contribution in [2.24, 2.45) is 0 Å². The Labute approximate surface area is 216 Å². The summed E-state index contributed by atoms with van der Waals surface area (Å²) < 4.78 is 5.88. The van der Waals surface area contributed by atoms with E-state index >= 15 is 0 Å². The normalized spacial score (nSPS) is 13.1. The molecule has 1 aliphatic carbocycles. The zero-order chi connectivity index (χ0) is 23.4. The molecule has 3 rings (SSSR count). The van der Waals surface area contributed by atoms with Crippen molar-refractivity contribution in [1.82, 2.24) is 0 Å². The van der Waals surface area contributed by atoms with E-state index in [-0.39, 0.29) is 5.41 Å². The molecular formula is C32H44Hg. The van der Waals surface area contributed by atoms with E-state index < -0.39 is 24.6 Å². The van der Waals surface area contributed by atoms with Crippen LogP contribution < -0.4 is 0 Å². The standard InChI is InChI=1S/C31H41.CH3.Hg/c1-4-7-9-11-13-17-23-31(24-18-14-12-10-8-5-2)29-20-16-15-19-27(29)28-22-21-26(6-3)25-30(28)31;;/h15-16,19-22,25H,4-5,7-14,17-18,23-24H2,1-2H3;1H3;. The molecule has 0 bridgehead atoms. The van der Waals surface area contributed by atoms with Crippen LogP contribution in [0.2, 0.25) is 4.43 Å². The van der Waals surface area contributed by atoms with Crippen LogP contribution in [-0.4, -0.2) is 0 Å². The van der Waals surface area contributed by atoms with Gasteiger partial charge in [0.15, 0.2) is 0 Å². The van der Waals surface area contributed by atoms with Gasteiger partial charge >= 0.3 is 191 Å². The first kappa shape index (κ1) is 26.5. The van der Waals surface area contributed by atoms with E-state index in [1.165, 1.54) is 107 Å². The van der Waals surface area contributed by atoms with Crippen molar-refractivity contribution in [3.8, 4) is 20.5 Å².